The molecule has 4 rings (SSSR count). The molecule has 1 N–H and O–H groups in total. The number of ether oxygens (including phenoxy) is 3. The molecule has 0 saturated carbocycles. The van der Waals surface area contributed by atoms with E-state index >= 15 is 0 Å². The summed E-state index contributed by atoms with van der Waals surface area (Å²) in [5.41, 5.74) is 1.12. The second kappa shape index (κ2) is 13.8. The number of carbonyl (C=O) groups excluding carboxylic acids is 2. The van der Waals surface area contributed by atoms with Gasteiger partial charge in [0, 0.05) is 36.8 Å². The number of hydrogen-bond donors (Lipinski definition) is 1. The maximum atomic E-state index is 13.4. The lowest BCUT2D eigenvalue weighted by molar-refractivity contribution is -0.140. The van der Waals surface area contributed by atoms with Crippen LogP contribution in [-0.4, -0.2) is 79.7 Å². The molecule has 0 radical (unpaired) electrons. The number of likely N-dealkylation sites (tertiary alicyclic amines) is 1. The average molecular weight is 557 g/mol. The number of amides is 1. The third-order valence-corrected chi connectivity index (χ3v) is 7.40. The van der Waals surface area contributed by atoms with E-state index in [1.807, 2.05) is 6.07 Å². The Kier molecular flexibility index (Phi) is 10.3. The zero-order valence-electron chi connectivity index (χ0n) is 22.7. The number of Topliss-reactive ketones (excluding diaryl/α,β-unsaturated/α-hetero) is 1. The lowest BCUT2D eigenvalue weighted by Gasteiger charge is -2.29. The van der Waals surface area contributed by atoms with Crippen molar-refractivity contribution < 1.29 is 28.9 Å². The number of nitrogens with zero attached hydrogens (tertiary/aromatic N) is 2. The van der Waals surface area contributed by atoms with Gasteiger partial charge in [0.25, 0.3) is 11.7 Å². The molecule has 9 heteroatoms. The van der Waals surface area contributed by atoms with Gasteiger partial charge in [-0.25, -0.2) is 0 Å². The number of benzene rings is 2. The fraction of sp³-hybridized carbons (Fsp3) is 0.467. The van der Waals surface area contributed by atoms with Gasteiger partial charge in [-0.1, -0.05) is 37.4 Å². The van der Waals surface area contributed by atoms with E-state index in [0.717, 1.165) is 38.9 Å². The molecule has 0 aliphatic carbocycles. The summed E-state index contributed by atoms with van der Waals surface area (Å²) in [6, 6.07) is 11.2. The Morgan fingerprint density at radius 2 is 1.77 bits per heavy atom. The minimum absolute atomic E-state index is 0.0485. The third-order valence-electron chi connectivity index (χ3n) is 7.14. The fourth-order valence-corrected chi connectivity index (χ4v) is 5.14. The molecule has 2 aromatic rings. The highest BCUT2D eigenvalue weighted by Crippen LogP contribution is 2.42. The van der Waals surface area contributed by atoms with Crippen molar-refractivity contribution in [2.75, 3.05) is 53.1 Å². The van der Waals surface area contributed by atoms with Crippen molar-refractivity contribution in [2.24, 2.45) is 0 Å². The van der Waals surface area contributed by atoms with Crippen molar-refractivity contribution in [1.29, 1.82) is 0 Å². The number of rotatable bonds is 12. The SMILES string of the molecule is CCCCCOc1ccc(C2/C(=C(\O)c3ccc(Cl)cc3)C(=O)C(=O)N2CCCN2CCOCC2)cc1OC. The van der Waals surface area contributed by atoms with Gasteiger partial charge in [-0.3, -0.25) is 14.5 Å². The van der Waals surface area contributed by atoms with Crippen LogP contribution in [0.25, 0.3) is 5.76 Å². The second-order valence-corrected chi connectivity index (χ2v) is 10.2. The average Bonchev–Trinajstić information content (AvgIpc) is 3.21. The number of aliphatic hydroxyl groups is 1. The van der Waals surface area contributed by atoms with Gasteiger partial charge in [-0.15, -0.1) is 0 Å². The Morgan fingerprint density at radius 1 is 1.03 bits per heavy atom. The van der Waals surface area contributed by atoms with Gasteiger partial charge >= 0.3 is 0 Å². The zero-order valence-corrected chi connectivity index (χ0v) is 23.4. The van der Waals surface area contributed by atoms with Crippen LogP contribution in [0.2, 0.25) is 5.02 Å². The Morgan fingerprint density at radius 3 is 2.46 bits per heavy atom. The van der Waals surface area contributed by atoms with Gasteiger partial charge in [0.2, 0.25) is 0 Å². The first-order valence-electron chi connectivity index (χ1n) is 13.6. The molecule has 1 atom stereocenters. The van der Waals surface area contributed by atoms with Crippen LogP contribution < -0.4 is 9.47 Å². The van der Waals surface area contributed by atoms with Gasteiger partial charge in [0.05, 0.1) is 38.5 Å². The van der Waals surface area contributed by atoms with E-state index in [-0.39, 0.29) is 11.3 Å². The monoisotopic (exact) mass is 556 g/mol. The maximum absolute atomic E-state index is 13.4. The smallest absolute Gasteiger partial charge is 0.295 e. The normalized spacial score (nSPS) is 19.5. The number of morpholine rings is 1. The Bertz CT molecular complexity index is 1180. The summed E-state index contributed by atoms with van der Waals surface area (Å²) < 4.78 is 17.0. The van der Waals surface area contributed by atoms with Crippen LogP contribution in [0.5, 0.6) is 11.5 Å². The first-order chi connectivity index (χ1) is 18.9. The molecule has 2 aliphatic heterocycles. The minimum atomic E-state index is -0.770. The number of ketones is 1. The number of carbonyl (C=O) groups is 2. The first-order valence-corrected chi connectivity index (χ1v) is 14.0. The second-order valence-electron chi connectivity index (χ2n) is 9.77. The topological polar surface area (TPSA) is 88.5 Å². The van der Waals surface area contributed by atoms with Crippen LogP contribution >= 0.6 is 11.6 Å². The summed E-state index contributed by atoms with van der Waals surface area (Å²) in [7, 11) is 1.56. The lowest BCUT2D eigenvalue weighted by atomic mass is 9.95. The van der Waals surface area contributed by atoms with Crippen LogP contribution in [0.1, 0.15) is 49.8 Å². The molecule has 2 fully saturated rings. The van der Waals surface area contributed by atoms with E-state index in [2.05, 4.69) is 11.8 Å². The number of aliphatic hydroxyl groups excluding tert-OH is 1. The van der Waals surface area contributed by atoms with E-state index in [1.54, 1.807) is 48.4 Å². The van der Waals surface area contributed by atoms with E-state index in [0.29, 0.717) is 60.4 Å². The Labute approximate surface area is 235 Å². The molecule has 2 saturated heterocycles. The van der Waals surface area contributed by atoms with Crippen molar-refractivity contribution in [3.8, 4) is 11.5 Å². The molecule has 2 heterocycles. The molecule has 1 amide bonds. The van der Waals surface area contributed by atoms with Crippen LogP contribution in [0.4, 0.5) is 0 Å². The number of unbranched alkanes of at least 4 members (excludes halogenated alkanes) is 2. The molecule has 0 aromatic heterocycles. The van der Waals surface area contributed by atoms with Crippen LogP contribution in [0.3, 0.4) is 0 Å². The first kappa shape index (κ1) is 28.9. The van der Waals surface area contributed by atoms with E-state index in [1.165, 1.54) is 0 Å². The number of halogens is 1. The largest absolute Gasteiger partial charge is 0.507 e. The molecular formula is C30H37ClN2O6. The fourth-order valence-electron chi connectivity index (χ4n) is 5.02. The standard InChI is InChI=1S/C30H37ClN2O6/c1-3-4-5-17-39-24-12-9-22(20-25(24)37-2)27-26(28(34)21-7-10-23(31)11-8-21)29(35)30(36)33(27)14-6-13-32-15-18-38-19-16-32/h7-12,20,27,34H,3-6,13-19H2,1-2H3/b28-26+. The summed E-state index contributed by atoms with van der Waals surface area (Å²) >= 11 is 6.03. The number of hydrogen-bond acceptors (Lipinski definition) is 7. The number of methoxy groups -OCH3 is 1. The van der Waals surface area contributed by atoms with Gasteiger partial charge in [0.15, 0.2) is 11.5 Å². The summed E-state index contributed by atoms with van der Waals surface area (Å²) in [4.78, 5) is 30.5. The van der Waals surface area contributed by atoms with E-state index < -0.39 is 17.7 Å². The molecule has 2 aliphatic rings. The molecule has 2 aromatic carbocycles. The molecular weight excluding hydrogens is 520 g/mol. The Balaban J connectivity index is 1.67. The predicted molar refractivity (Wildman–Crippen MR) is 150 cm³/mol. The molecule has 8 nitrogen and oxygen atoms in total. The summed E-state index contributed by atoms with van der Waals surface area (Å²) in [6.45, 7) is 6.92. The Hall–Kier alpha value is -3.07. The van der Waals surface area contributed by atoms with E-state index in [4.69, 9.17) is 25.8 Å². The third kappa shape index (κ3) is 6.93. The van der Waals surface area contributed by atoms with Crippen molar-refractivity contribution in [3.63, 3.8) is 0 Å². The van der Waals surface area contributed by atoms with E-state index in [9.17, 15) is 14.7 Å². The maximum Gasteiger partial charge on any atom is 0.295 e. The van der Waals surface area contributed by atoms with Crippen molar-refractivity contribution in [1.82, 2.24) is 9.80 Å². The summed E-state index contributed by atoms with van der Waals surface area (Å²) in [5, 5.41) is 11.8. The predicted octanol–water partition coefficient (Wildman–Crippen LogP) is 5.06. The summed E-state index contributed by atoms with van der Waals surface area (Å²) in [5.74, 6) is -0.465. The molecule has 210 valence electrons. The van der Waals surface area contributed by atoms with Gasteiger partial charge < -0.3 is 24.2 Å². The van der Waals surface area contributed by atoms with Crippen LogP contribution in [-0.2, 0) is 14.3 Å². The molecule has 0 spiro atoms. The van der Waals surface area contributed by atoms with Crippen LogP contribution in [0, 0.1) is 0 Å². The van der Waals surface area contributed by atoms with Crippen molar-refractivity contribution >= 4 is 29.1 Å². The van der Waals surface area contributed by atoms with Crippen LogP contribution in [0.15, 0.2) is 48.0 Å². The van der Waals surface area contributed by atoms with Crippen molar-refractivity contribution in [2.45, 2.75) is 38.6 Å². The zero-order chi connectivity index (χ0) is 27.8. The molecule has 1 unspecified atom stereocenters. The quantitative estimate of drug-likeness (QED) is 0.169. The van der Waals surface area contributed by atoms with Gasteiger partial charge in [-0.05, 0) is 54.8 Å². The summed E-state index contributed by atoms with van der Waals surface area (Å²) in [6.07, 6.45) is 3.78. The molecule has 39 heavy (non-hydrogen) atoms. The van der Waals surface area contributed by atoms with Gasteiger partial charge in [-0.2, -0.15) is 0 Å². The van der Waals surface area contributed by atoms with Gasteiger partial charge in [0.1, 0.15) is 5.76 Å². The highest BCUT2D eigenvalue weighted by Gasteiger charge is 2.46. The highest BCUT2D eigenvalue weighted by molar-refractivity contribution is 6.46. The van der Waals surface area contributed by atoms with Crippen molar-refractivity contribution in [3.05, 3.63) is 64.2 Å². The lowest BCUT2D eigenvalue weighted by Crippen LogP contribution is -2.39. The minimum Gasteiger partial charge on any atom is -0.507 e. The highest BCUT2D eigenvalue weighted by atomic mass is 35.5. The molecule has 0 bridgehead atoms.